The first-order valence-electron chi connectivity index (χ1n) is 6.26. The molecule has 0 saturated carbocycles. The van der Waals surface area contributed by atoms with Gasteiger partial charge in [-0.2, -0.15) is 0 Å². The second-order valence-corrected chi connectivity index (χ2v) is 6.71. The number of phenolic OH excluding ortho intramolecular Hbond substituents is 1. The van der Waals surface area contributed by atoms with Gasteiger partial charge in [-0.15, -0.1) is 0 Å². The quantitative estimate of drug-likeness (QED) is 0.845. The normalized spacial score (nSPS) is 11.3. The predicted molar refractivity (Wildman–Crippen MR) is 77.2 cm³/mol. The number of nitrogens with one attached hydrogen (secondary N) is 1. The van der Waals surface area contributed by atoms with Crippen molar-refractivity contribution >= 4 is 21.4 Å². The van der Waals surface area contributed by atoms with E-state index in [1.165, 1.54) is 37.5 Å². The molecule has 0 unspecified atom stereocenters. The molecule has 0 aliphatic rings. The molecular formula is C14H15NO5S. The fourth-order valence-corrected chi connectivity index (χ4v) is 2.69. The van der Waals surface area contributed by atoms with Crippen LogP contribution in [0, 0.1) is 6.92 Å². The lowest BCUT2D eigenvalue weighted by Crippen LogP contribution is -2.13. The van der Waals surface area contributed by atoms with E-state index in [1.54, 1.807) is 6.92 Å². The fourth-order valence-electron chi connectivity index (χ4n) is 1.79. The Balaban J connectivity index is 2.34. The summed E-state index contributed by atoms with van der Waals surface area (Å²) in [6.07, 6.45) is 1.38. The molecule has 0 atom stereocenters. The van der Waals surface area contributed by atoms with Crippen LogP contribution in [0.4, 0.5) is 5.69 Å². The summed E-state index contributed by atoms with van der Waals surface area (Å²) >= 11 is 0. The molecule has 112 valence electrons. The van der Waals surface area contributed by atoms with Gasteiger partial charge in [-0.1, -0.05) is 6.92 Å². The standard InChI is InChI=1S/C14H15NO5S/c1-3-21(18,19)10-4-5-13(16)12(8-10)15-14(17)11-6-7-20-9(11)2/h4-8,16H,3H2,1-2H3,(H,15,17). The van der Waals surface area contributed by atoms with Crippen molar-refractivity contribution in [3.8, 4) is 5.75 Å². The maximum Gasteiger partial charge on any atom is 0.259 e. The summed E-state index contributed by atoms with van der Waals surface area (Å²) in [7, 11) is -3.42. The highest BCUT2D eigenvalue weighted by atomic mass is 32.2. The maximum atomic E-state index is 12.0. The highest BCUT2D eigenvalue weighted by molar-refractivity contribution is 7.91. The van der Waals surface area contributed by atoms with E-state index in [2.05, 4.69) is 5.32 Å². The Hall–Kier alpha value is -2.28. The molecule has 0 aliphatic heterocycles. The van der Waals surface area contributed by atoms with Crippen LogP contribution in [-0.4, -0.2) is 25.2 Å². The number of benzene rings is 1. The van der Waals surface area contributed by atoms with Crippen LogP contribution in [0.2, 0.25) is 0 Å². The Labute approximate surface area is 122 Å². The average Bonchev–Trinajstić information content (AvgIpc) is 2.87. The van der Waals surface area contributed by atoms with E-state index in [0.29, 0.717) is 11.3 Å². The minimum Gasteiger partial charge on any atom is -0.506 e. The number of hydrogen-bond donors (Lipinski definition) is 2. The van der Waals surface area contributed by atoms with Crippen molar-refractivity contribution in [1.29, 1.82) is 0 Å². The van der Waals surface area contributed by atoms with Crippen LogP contribution in [0.1, 0.15) is 23.0 Å². The van der Waals surface area contributed by atoms with Crippen molar-refractivity contribution < 1.29 is 22.7 Å². The van der Waals surface area contributed by atoms with Crippen LogP contribution in [0.15, 0.2) is 39.8 Å². The first-order chi connectivity index (χ1) is 9.85. The minimum absolute atomic E-state index is 0.0372. The summed E-state index contributed by atoms with van der Waals surface area (Å²) in [5.74, 6) is -0.321. The lowest BCUT2D eigenvalue weighted by atomic mass is 10.2. The zero-order valence-corrected chi connectivity index (χ0v) is 12.4. The van der Waals surface area contributed by atoms with Gasteiger partial charge >= 0.3 is 0 Å². The number of carbonyl (C=O) groups excluding carboxylic acids is 1. The van der Waals surface area contributed by atoms with Gasteiger partial charge in [0, 0.05) is 0 Å². The van der Waals surface area contributed by atoms with Crippen molar-refractivity contribution in [3.05, 3.63) is 41.9 Å². The topological polar surface area (TPSA) is 96.6 Å². The van der Waals surface area contributed by atoms with Crippen molar-refractivity contribution in [2.75, 3.05) is 11.1 Å². The Morgan fingerprint density at radius 1 is 1.33 bits per heavy atom. The number of amides is 1. The van der Waals surface area contributed by atoms with E-state index in [4.69, 9.17) is 4.42 Å². The molecule has 1 heterocycles. The first kappa shape index (κ1) is 15.1. The Morgan fingerprint density at radius 3 is 2.62 bits per heavy atom. The van der Waals surface area contributed by atoms with Gasteiger partial charge in [0.25, 0.3) is 5.91 Å². The van der Waals surface area contributed by atoms with Gasteiger partial charge in [0.05, 0.1) is 28.2 Å². The number of phenols is 1. The van der Waals surface area contributed by atoms with Crippen molar-refractivity contribution in [2.45, 2.75) is 18.7 Å². The third-order valence-electron chi connectivity index (χ3n) is 3.06. The van der Waals surface area contributed by atoms with Gasteiger partial charge in [0.2, 0.25) is 0 Å². The molecule has 21 heavy (non-hydrogen) atoms. The fraction of sp³-hybridized carbons (Fsp3) is 0.214. The minimum atomic E-state index is -3.42. The van der Waals surface area contributed by atoms with Crippen molar-refractivity contribution in [3.63, 3.8) is 0 Å². The van der Waals surface area contributed by atoms with Crippen LogP contribution in [0.3, 0.4) is 0 Å². The molecule has 1 aromatic heterocycles. The van der Waals surface area contributed by atoms with E-state index in [-0.39, 0.29) is 22.1 Å². The van der Waals surface area contributed by atoms with Gasteiger partial charge in [-0.25, -0.2) is 8.42 Å². The van der Waals surface area contributed by atoms with Gasteiger partial charge in [0.1, 0.15) is 11.5 Å². The second-order valence-electron chi connectivity index (χ2n) is 4.43. The molecule has 0 radical (unpaired) electrons. The summed E-state index contributed by atoms with van der Waals surface area (Å²) in [5, 5.41) is 12.2. The number of aryl methyl sites for hydroxylation is 1. The summed E-state index contributed by atoms with van der Waals surface area (Å²) in [4.78, 5) is 12.1. The van der Waals surface area contributed by atoms with Gasteiger partial charge in [-0.3, -0.25) is 4.79 Å². The number of sulfone groups is 1. The number of rotatable bonds is 4. The number of anilines is 1. The largest absolute Gasteiger partial charge is 0.506 e. The van der Waals surface area contributed by atoms with Gasteiger partial charge in [-0.05, 0) is 31.2 Å². The molecule has 2 aromatic rings. The van der Waals surface area contributed by atoms with E-state index in [0.717, 1.165) is 0 Å². The Morgan fingerprint density at radius 2 is 2.05 bits per heavy atom. The highest BCUT2D eigenvalue weighted by Gasteiger charge is 2.17. The van der Waals surface area contributed by atoms with Crippen LogP contribution in [-0.2, 0) is 9.84 Å². The molecule has 1 aromatic carbocycles. The number of carbonyl (C=O) groups is 1. The van der Waals surface area contributed by atoms with Crippen LogP contribution in [0.5, 0.6) is 5.75 Å². The van der Waals surface area contributed by atoms with Crippen LogP contribution >= 0.6 is 0 Å². The number of hydrogen-bond acceptors (Lipinski definition) is 5. The molecule has 2 N–H and O–H groups in total. The molecule has 7 heteroatoms. The lowest BCUT2D eigenvalue weighted by molar-refractivity contribution is 0.102. The SMILES string of the molecule is CCS(=O)(=O)c1ccc(O)c(NC(=O)c2ccoc2C)c1. The Kier molecular flexibility index (Phi) is 4.04. The third-order valence-corrected chi connectivity index (χ3v) is 4.79. The summed E-state index contributed by atoms with van der Waals surface area (Å²) < 4.78 is 28.7. The van der Waals surface area contributed by atoms with Crippen LogP contribution in [0.25, 0.3) is 0 Å². The third kappa shape index (κ3) is 3.08. The average molecular weight is 309 g/mol. The number of furan rings is 1. The van der Waals surface area contributed by atoms with E-state index >= 15 is 0 Å². The Bertz CT molecular complexity index is 776. The zero-order chi connectivity index (χ0) is 15.6. The number of aromatic hydroxyl groups is 1. The monoisotopic (exact) mass is 309 g/mol. The zero-order valence-electron chi connectivity index (χ0n) is 11.6. The summed E-state index contributed by atoms with van der Waals surface area (Å²) in [6.45, 7) is 3.15. The molecule has 0 aliphatic carbocycles. The van der Waals surface area contributed by atoms with E-state index < -0.39 is 15.7 Å². The summed E-state index contributed by atoms with van der Waals surface area (Å²) in [5.41, 5.74) is 0.355. The second kappa shape index (κ2) is 5.61. The molecule has 0 spiro atoms. The molecule has 0 saturated heterocycles. The van der Waals surface area contributed by atoms with E-state index in [1.807, 2.05) is 0 Å². The molecule has 0 bridgehead atoms. The molecular weight excluding hydrogens is 294 g/mol. The first-order valence-corrected chi connectivity index (χ1v) is 7.91. The molecule has 6 nitrogen and oxygen atoms in total. The van der Waals surface area contributed by atoms with Crippen LogP contribution < -0.4 is 5.32 Å². The molecule has 0 fully saturated rings. The molecule has 2 rings (SSSR count). The smallest absolute Gasteiger partial charge is 0.259 e. The lowest BCUT2D eigenvalue weighted by Gasteiger charge is -2.09. The van der Waals surface area contributed by atoms with Gasteiger partial charge in [0.15, 0.2) is 9.84 Å². The highest BCUT2D eigenvalue weighted by Crippen LogP contribution is 2.27. The van der Waals surface area contributed by atoms with Crippen molar-refractivity contribution in [2.24, 2.45) is 0 Å². The van der Waals surface area contributed by atoms with Crippen molar-refractivity contribution in [1.82, 2.24) is 0 Å². The molecule has 1 amide bonds. The van der Waals surface area contributed by atoms with E-state index in [9.17, 15) is 18.3 Å². The maximum absolute atomic E-state index is 12.0. The predicted octanol–water partition coefficient (Wildman–Crippen LogP) is 2.34. The summed E-state index contributed by atoms with van der Waals surface area (Å²) in [6, 6.07) is 5.27. The van der Waals surface area contributed by atoms with Gasteiger partial charge < -0.3 is 14.8 Å².